The Hall–Kier alpha value is -2.40. The zero-order chi connectivity index (χ0) is 14.4. The fourth-order valence-electron chi connectivity index (χ4n) is 2.61. The summed E-state index contributed by atoms with van der Waals surface area (Å²) in [6.07, 6.45) is 0. The fourth-order valence-corrected chi connectivity index (χ4v) is 2.61. The van der Waals surface area contributed by atoms with Gasteiger partial charge in [-0.15, -0.1) is 0 Å². The normalized spacial score (nSPS) is 15.2. The van der Waals surface area contributed by atoms with Gasteiger partial charge in [-0.25, -0.2) is 9.78 Å². The number of aryl methyl sites for hydroxylation is 1. The van der Waals surface area contributed by atoms with Gasteiger partial charge in [0, 0.05) is 27.2 Å². The third-order valence-corrected chi connectivity index (χ3v) is 3.73. The zero-order valence-corrected chi connectivity index (χ0v) is 11.3. The van der Waals surface area contributed by atoms with Gasteiger partial charge in [0.2, 0.25) is 0 Å². The minimum Gasteiger partial charge on any atom is -0.320 e. The molecule has 0 atom stereocenters. The Bertz CT molecular complexity index is 850. The number of nitrogens with zero attached hydrogens (tertiary/aromatic N) is 6. The quantitative estimate of drug-likeness (QED) is 0.608. The highest BCUT2D eigenvalue weighted by molar-refractivity contribution is 5.71. The largest absolute Gasteiger partial charge is 0.332 e. The van der Waals surface area contributed by atoms with E-state index in [2.05, 4.69) is 11.1 Å². The summed E-state index contributed by atoms with van der Waals surface area (Å²) in [5.41, 5.74) is 0.163. The monoisotopic (exact) mass is 274 g/mol. The van der Waals surface area contributed by atoms with Gasteiger partial charge in [-0.3, -0.25) is 18.8 Å². The van der Waals surface area contributed by atoms with Crippen LogP contribution in [0.15, 0.2) is 9.59 Å². The molecule has 1 aliphatic heterocycles. The second-order valence-corrected chi connectivity index (χ2v) is 4.93. The van der Waals surface area contributed by atoms with Crippen LogP contribution in [0.25, 0.3) is 11.2 Å². The summed E-state index contributed by atoms with van der Waals surface area (Å²) in [5, 5.41) is 8.75. The molecule has 1 aliphatic rings. The van der Waals surface area contributed by atoms with Gasteiger partial charge in [0.1, 0.15) is 5.82 Å². The Labute approximate surface area is 114 Å². The van der Waals surface area contributed by atoms with Crippen molar-refractivity contribution in [2.45, 2.75) is 13.1 Å². The van der Waals surface area contributed by atoms with Crippen molar-refractivity contribution in [1.82, 2.24) is 23.6 Å². The van der Waals surface area contributed by atoms with E-state index in [1.54, 1.807) is 7.05 Å². The third kappa shape index (κ3) is 1.60. The summed E-state index contributed by atoms with van der Waals surface area (Å²) >= 11 is 0. The van der Waals surface area contributed by atoms with Crippen molar-refractivity contribution in [2.75, 3.05) is 13.1 Å². The van der Waals surface area contributed by atoms with Crippen molar-refractivity contribution in [3.05, 3.63) is 26.7 Å². The fraction of sp³-hybridized carbons (Fsp3) is 0.500. The van der Waals surface area contributed by atoms with Gasteiger partial charge in [-0.2, -0.15) is 5.26 Å². The Kier molecular flexibility index (Phi) is 2.72. The van der Waals surface area contributed by atoms with E-state index in [9.17, 15) is 9.59 Å². The molecule has 0 aliphatic carbocycles. The number of hydrogen-bond acceptors (Lipinski definition) is 5. The highest BCUT2D eigenvalue weighted by Gasteiger charge is 2.23. The molecule has 104 valence electrons. The van der Waals surface area contributed by atoms with Crippen LogP contribution in [0.1, 0.15) is 5.82 Å². The lowest BCUT2D eigenvalue weighted by Crippen LogP contribution is -2.38. The van der Waals surface area contributed by atoms with Crippen molar-refractivity contribution < 1.29 is 0 Å². The van der Waals surface area contributed by atoms with E-state index >= 15 is 0 Å². The maximum Gasteiger partial charge on any atom is 0.332 e. The number of hydrogen-bond donors (Lipinski definition) is 0. The predicted molar refractivity (Wildman–Crippen MR) is 71.1 cm³/mol. The Morgan fingerprint density at radius 1 is 1.25 bits per heavy atom. The molecule has 0 saturated heterocycles. The van der Waals surface area contributed by atoms with E-state index in [0.717, 1.165) is 10.4 Å². The van der Waals surface area contributed by atoms with E-state index in [0.29, 0.717) is 37.3 Å². The van der Waals surface area contributed by atoms with Gasteiger partial charge in [0.25, 0.3) is 5.56 Å². The highest BCUT2D eigenvalue weighted by atomic mass is 16.2. The molecule has 0 radical (unpaired) electrons. The lowest BCUT2D eigenvalue weighted by Gasteiger charge is -2.25. The molecule has 0 spiro atoms. The zero-order valence-electron chi connectivity index (χ0n) is 11.3. The minimum atomic E-state index is -0.383. The summed E-state index contributed by atoms with van der Waals surface area (Å²) in [6.45, 7) is 2.14. The average Bonchev–Trinajstić information content (AvgIpc) is 2.82. The van der Waals surface area contributed by atoms with E-state index in [1.165, 1.54) is 11.6 Å². The molecule has 2 aromatic rings. The SMILES string of the molecule is Cn1c(=O)c2c(nc3n2CCN(CC#N)C3)n(C)c1=O. The van der Waals surface area contributed by atoms with Crippen LogP contribution in [0.4, 0.5) is 0 Å². The van der Waals surface area contributed by atoms with Gasteiger partial charge in [-0.1, -0.05) is 0 Å². The molecule has 0 unspecified atom stereocenters. The van der Waals surface area contributed by atoms with Crippen LogP contribution in [0.2, 0.25) is 0 Å². The molecule has 0 saturated carbocycles. The van der Waals surface area contributed by atoms with Crippen molar-refractivity contribution in [3.63, 3.8) is 0 Å². The molecule has 0 aromatic carbocycles. The first kappa shape index (κ1) is 12.6. The Morgan fingerprint density at radius 2 is 2.00 bits per heavy atom. The first-order chi connectivity index (χ1) is 9.54. The minimum absolute atomic E-state index is 0.324. The second-order valence-electron chi connectivity index (χ2n) is 4.93. The van der Waals surface area contributed by atoms with Crippen molar-refractivity contribution in [2.24, 2.45) is 14.1 Å². The molecular formula is C12H14N6O2. The van der Waals surface area contributed by atoms with Crippen LogP contribution < -0.4 is 11.2 Å². The summed E-state index contributed by atoms with van der Waals surface area (Å²) < 4.78 is 4.33. The standard InChI is InChI=1S/C12H14N6O2/c1-15-10-9(11(19)16(2)12(15)20)18-6-5-17(4-3-13)7-8(18)14-10/h4-7H2,1-2H3. The number of rotatable bonds is 1. The maximum atomic E-state index is 12.3. The first-order valence-corrected chi connectivity index (χ1v) is 6.29. The summed E-state index contributed by atoms with van der Waals surface area (Å²) in [6, 6.07) is 2.11. The molecule has 2 aromatic heterocycles. The maximum absolute atomic E-state index is 12.3. The van der Waals surface area contributed by atoms with Gasteiger partial charge in [0.05, 0.1) is 19.2 Å². The molecule has 8 nitrogen and oxygen atoms in total. The van der Waals surface area contributed by atoms with E-state index < -0.39 is 0 Å². The average molecular weight is 274 g/mol. The molecule has 3 heterocycles. The molecule has 0 N–H and O–H groups in total. The van der Waals surface area contributed by atoms with Crippen LogP contribution in [0, 0.1) is 11.3 Å². The summed E-state index contributed by atoms with van der Waals surface area (Å²) in [4.78, 5) is 30.5. The number of nitriles is 1. The van der Waals surface area contributed by atoms with Crippen LogP contribution >= 0.6 is 0 Å². The van der Waals surface area contributed by atoms with Crippen LogP contribution in [-0.4, -0.2) is 36.7 Å². The number of imidazole rings is 1. The third-order valence-electron chi connectivity index (χ3n) is 3.73. The Morgan fingerprint density at radius 3 is 2.70 bits per heavy atom. The smallest absolute Gasteiger partial charge is 0.320 e. The van der Waals surface area contributed by atoms with Gasteiger partial charge in [-0.05, 0) is 0 Å². The van der Waals surface area contributed by atoms with Crippen molar-refractivity contribution in [3.8, 4) is 6.07 Å². The van der Waals surface area contributed by atoms with E-state index in [1.807, 2.05) is 9.47 Å². The van der Waals surface area contributed by atoms with Crippen LogP contribution in [0.5, 0.6) is 0 Å². The topological polar surface area (TPSA) is 88.8 Å². The lowest BCUT2D eigenvalue weighted by atomic mass is 10.3. The van der Waals surface area contributed by atoms with Gasteiger partial charge in [0.15, 0.2) is 11.2 Å². The summed E-state index contributed by atoms with van der Waals surface area (Å²) in [7, 11) is 3.07. The summed E-state index contributed by atoms with van der Waals surface area (Å²) in [5.74, 6) is 0.722. The van der Waals surface area contributed by atoms with Gasteiger partial charge < -0.3 is 4.57 Å². The number of fused-ring (bicyclic) bond motifs is 3. The molecule has 3 rings (SSSR count). The molecule has 20 heavy (non-hydrogen) atoms. The van der Waals surface area contributed by atoms with Crippen molar-refractivity contribution in [1.29, 1.82) is 5.26 Å². The molecule has 0 amide bonds. The first-order valence-electron chi connectivity index (χ1n) is 6.29. The van der Waals surface area contributed by atoms with Crippen LogP contribution in [0.3, 0.4) is 0 Å². The molecular weight excluding hydrogens is 260 g/mol. The van der Waals surface area contributed by atoms with E-state index in [4.69, 9.17) is 5.26 Å². The lowest BCUT2D eigenvalue weighted by molar-refractivity contribution is 0.244. The van der Waals surface area contributed by atoms with E-state index in [-0.39, 0.29) is 11.2 Å². The molecule has 8 heteroatoms. The number of aromatic nitrogens is 4. The predicted octanol–water partition coefficient (Wildman–Crippen LogP) is -1.23. The molecule has 0 fully saturated rings. The Balaban J connectivity index is 2.27. The van der Waals surface area contributed by atoms with Gasteiger partial charge >= 0.3 is 5.69 Å². The van der Waals surface area contributed by atoms with Crippen molar-refractivity contribution >= 4 is 11.2 Å². The second kappa shape index (κ2) is 4.31. The van der Waals surface area contributed by atoms with Crippen LogP contribution in [-0.2, 0) is 27.2 Å². The molecule has 0 bridgehead atoms. The highest BCUT2D eigenvalue weighted by Crippen LogP contribution is 2.16.